The van der Waals surface area contributed by atoms with Crippen LogP contribution in [-0.2, 0) is 0 Å². The summed E-state index contributed by atoms with van der Waals surface area (Å²) in [6.45, 7) is 2.85. The van der Waals surface area contributed by atoms with Crippen molar-refractivity contribution in [3.8, 4) is 5.75 Å². The monoisotopic (exact) mass is 367 g/mol. The number of ether oxygens (including phenoxy) is 1. The molecule has 1 amide bonds. The number of rotatable bonds is 5. The zero-order chi connectivity index (χ0) is 15.2. The van der Waals surface area contributed by atoms with E-state index in [9.17, 15) is 4.79 Å². The van der Waals surface area contributed by atoms with Crippen molar-refractivity contribution >= 4 is 33.4 Å². The third-order valence-corrected chi connectivity index (χ3v) is 4.06. The van der Waals surface area contributed by atoms with Gasteiger partial charge in [-0.1, -0.05) is 23.7 Å². The second-order valence-electron chi connectivity index (χ2n) is 4.55. The fourth-order valence-electron chi connectivity index (χ4n) is 1.78. The quantitative estimate of drug-likeness (QED) is 0.803. The Morgan fingerprint density at radius 2 is 2.10 bits per heavy atom. The molecule has 0 unspecified atom stereocenters. The molecular weight excluding hydrogens is 354 g/mol. The number of carbonyl (C=O) groups is 1. The van der Waals surface area contributed by atoms with Gasteiger partial charge in [0.25, 0.3) is 5.91 Å². The Hall–Kier alpha value is -1.52. The summed E-state index contributed by atoms with van der Waals surface area (Å²) in [5.41, 5.74) is 1.67. The molecule has 0 atom stereocenters. The van der Waals surface area contributed by atoms with Gasteiger partial charge in [0.1, 0.15) is 12.4 Å². The molecule has 0 fully saturated rings. The van der Waals surface area contributed by atoms with E-state index in [1.54, 1.807) is 18.2 Å². The first-order valence-corrected chi connectivity index (χ1v) is 7.66. The van der Waals surface area contributed by atoms with Gasteiger partial charge in [-0.05, 0) is 58.7 Å². The zero-order valence-electron chi connectivity index (χ0n) is 11.5. The van der Waals surface area contributed by atoms with Crippen LogP contribution < -0.4 is 10.1 Å². The molecule has 0 aromatic heterocycles. The molecule has 2 rings (SSSR count). The van der Waals surface area contributed by atoms with E-state index >= 15 is 0 Å². The highest BCUT2D eigenvalue weighted by Crippen LogP contribution is 2.23. The van der Waals surface area contributed by atoms with Crippen LogP contribution in [0.1, 0.15) is 15.9 Å². The average molecular weight is 369 g/mol. The van der Waals surface area contributed by atoms with Gasteiger partial charge in [0.15, 0.2) is 0 Å². The van der Waals surface area contributed by atoms with Crippen LogP contribution in [0, 0.1) is 6.92 Å². The predicted octanol–water partition coefficient (Wildman–Crippen LogP) is 4.22. The standard InChI is InChI=1S/C16H15BrClNO2/c1-11-3-2-4-13(9-11)21-8-7-19-16(20)12-5-6-14(17)15(18)10-12/h2-6,9-10H,7-8H2,1H3,(H,19,20). The summed E-state index contributed by atoms with van der Waals surface area (Å²) >= 11 is 9.25. The Bertz CT molecular complexity index is 646. The molecule has 2 aromatic rings. The van der Waals surface area contributed by atoms with Gasteiger partial charge in [-0.15, -0.1) is 0 Å². The Morgan fingerprint density at radius 3 is 2.81 bits per heavy atom. The summed E-state index contributed by atoms with van der Waals surface area (Å²) < 4.78 is 6.33. The van der Waals surface area contributed by atoms with Crippen molar-refractivity contribution in [3.63, 3.8) is 0 Å². The van der Waals surface area contributed by atoms with Crippen LogP contribution in [0.15, 0.2) is 46.9 Å². The molecular formula is C16H15BrClNO2. The fraction of sp³-hybridized carbons (Fsp3) is 0.188. The highest BCUT2D eigenvalue weighted by atomic mass is 79.9. The van der Waals surface area contributed by atoms with E-state index in [0.717, 1.165) is 15.8 Å². The molecule has 0 aliphatic carbocycles. The van der Waals surface area contributed by atoms with E-state index in [4.69, 9.17) is 16.3 Å². The van der Waals surface area contributed by atoms with Gasteiger partial charge >= 0.3 is 0 Å². The van der Waals surface area contributed by atoms with Crippen LogP contribution in [0.5, 0.6) is 5.75 Å². The van der Waals surface area contributed by atoms with E-state index in [2.05, 4.69) is 21.2 Å². The highest BCUT2D eigenvalue weighted by molar-refractivity contribution is 9.10. The number of amides is 1. The second-order valence-corrected chi connectivity index (χ2v) is 5.81. The van der Waals surface area contributed by atoms with Crippen molar-refractivity contribution in [1.82, 2.24) is 5.32 Å². The van der Waals surface area contributed by atoms with Gasteiger partial charge in [0.05, 0.1) is 11.6 Å². The molecule has 2 aromatic carbocycles. The summed E-state index contributed by atoms with van der Waals surface area (Å²) in [4.78, 5) is 11.9. The number of nitrogens with one attached hydrogen (secondary N) is 1. The summed E-state index contributed by atoms with van der Waals surface area (Å²) in [6, 6.07) is 12.9. The summed E-state index contributed by atoms with van der Waals surface area (Å²) in [7, 11) is 0. The van der Waals surface area contributed by atoms with Gasteiger partial charge in [-0.25, -0.2) is 0 Å². The lowest BCUT2D eigenvalue weighted by molar-refractivity contribution is 0.0947. The minimum Gasteiger partial charge on any atom is -0.492 e. The summed E-state index contributed by atoms with van der Waals surface area (Å²) in [5.74, 6) is 0.633. The Kier molecular flexibility index (Phi) is 5.65. The molecule has 0 saturated carbocycles. The Balaban J connectivity index is 1.80. The smallest absolute Gasteiger partial charge is 0.251 e. The van der Waals surface area contributed by atoms with Crippen LogP contribution in [0.2, 0.25) is 5.02 Å². The number of halogens is 2. The van der Waals surface area contributed by atoms with E-state index < -0.39 is 0 Å². The van der Waals surface area contributed by atoms with Crippen LogP contribution in [0.4, 0.5) is 0 Å². The van der Waals surface area contributed by atoms with Crippen molar-refractivity contribution in [2.75, 3.05) is 13.2 Å². The number of carbonyl (C=O) groups excluding carboxylic acids is 1. The lowest BCUT2D eigenvalue weighted by Gasteiger charge is -2.08. The number of benzene rings is 2. The van der Waals surface area contributed by atoms with Crippen molar-refractivity contribution in [2.45, 2.75) is 6.92 Å². The summed E-state index contributed by atoms with van der Waals surface area (Å²) in [5, 5.41) is 3.31. The predicted molar refractivity (Wildman–Crippen MR) is 88.2 cm³/mol. The SMILES string of the molecule is Cc1cccc(OCCNC(=O)c2ccc(Br)c(Cl)c2)c1. The van der Waals surface area contributed by atoms with Crippen LogP contribution in [-0.4, -0.2) is 19.1 Å². The van der Waals surface area contributed by atoms with Crippen molar-refractivity contribution in [3.05, 3.63) is 63.1 Å². The molecule has 5 heteroatoms. The van der Waals surface area contributed by atoms with Gasteiger partial charge in [0.2, 0.25) is 0 Å². The maximum Gasteiger partial charge on any atom is 0.251 e. The molecule has 1 N–H and O–H groups in total. The van der Waals surface area contributed by atoms with Crippen LogP contribution in [0.25, 0.3) is 0 Å². The molecule has 0 spiro atoms. The minimum absolute atomic E-state index is 0.169. The van der Waals surface area contributed by atoms with Gasteiger partial charge in [0, 0.05) is 10.0 Å². The molecule has 0 aliphatic rings. The fourth-order valence-corrected chi connectivity index (χ4v) is 2.21. The lowest BCUT2D eigenvalue weighted by Crippen LogP contribution is -2.28. The normalized spacial score (nSPS) is 10.2. The van der Waals surface area contributed by atoms with E-state index in [0.29, 0.717) is 23.7 Å². The van der Waals surface area contributed by atoms with Crippen molar-refractivity contribution < 1.29 is 9.53 Å². The molecule has 3 nitrogen and oxygen atoms in total. The average Bonchev–Trinajstić information content (AvgIpc) is 2.46. The molecule has 0 radical (unpaired) electrons. The number of hydrogen-bond acceptors (Lipinski definition) is 2. The third kappa shape index (κ3) is 4.76. The molecule has 0 bridgehead atoms. The minimum atomic E-state index is -0.169. The van der Waals surface area contributed by atoms with Gasteiger partial charge in [-0.2, -0.15) is 0 Å². The van der Waals surface area contributed by atoms with Crippen molar-refractivity contribution in [2.24, 2.45) is 0 Å². The topological polar surface area (TPSA) is 38.3 Å². The highest BCUT2D eigenvalue weighted by Gasteiger charge is 2.07. The maximum absolute atomic E-state index is 11.9. The molecule has 0 heterocycles. The van der Waals surface area contributed by atoms with Crippen molar-refractivity contribution in [1.29, 1.82) is 0 Å². The summed E-state index contributed by atoms with van der Waals surface area (Å²) in [6.07, 6.45) is 0. The molecule has 21 heavy (non-hydrogen) atoms. The van der Waals surface area contributed by atoms with E-state index in [1.807, 2.05) is 31.2 Å². The zero-order valence-corrected chi connectivity index (χ0v) is 13.9. The first kappa shape index (κ1) is 15.9. The van der Waals surface area contributed by atoms with E-state index in [1.165, 1.54) is 0 Å². The molecule has 110 valence electrons. The van der Waals surface area contributed by atoms with E-state index in [-0.39, 0.29) is 5.91 Å². The largest absolute Gasteiger partial charge is 0.492 e. The van der Waals surface area contributed by atoms with Crippen LogP contribution >= 0.6 is 27.5 Å². The molecule has 0 aliphatic heterocycles. The maximum atomic E-state index is 11.9. The number of hydrogen-bond donors (Lipinski definition) is 1. The third-order valence-electron chi connectivity index (χ3n) is 2.83. The van der Waals surface area contributed by atoms with Gasteiger partial charge in [-0.3, -0.25) is 4.79 Å². The Labute approximate surface area is 137 Å². The second kappa shape index (κ2) is 7.48. The lowest BCUT2D eigenvalue weighted by atomic mass is 10.2. The molecule has 0 saturated heterocycles. The number of aryl methyl sites for hydroxylation is 1. The first-order valence-electron chi connectivity index (χ1n) is 6.49. The van der Waals surface area contributed by atoms with Gasteiger partial charge < -0.3 is 10.1 Å². The Morgan fingerprint density at radius 1 is 1.29 bits per heavy atom. The first-order chi connectivity index (χ1) is 10.1. The van der Waals surface area contributed by atoms with Crippen LogP contribution in [0.3, 0.4) is 0 Å².